The van der Waals surface area contributed by atoms with E-state index in [-0.39, 0.29) is 0 Å². The normalized spacial score (nSPS) is 15.9. The number of hydrogen-bond donors (Lipinski definition) is 2. The Labute approximate surface area is 241 Å². The quantitative estimate of drug-likeness (QED) is 0.0332. The van der Waals surface area contributed by atoms with Crippen LogP contribution in [0.3, 0.4) is 0 Å². The molecule has 6 nitrogen and oxygen atoms in total. The van der Waals surface area contributed by atoms with Gasteiger partial charge in [0.15, 0.2) is 6.29 Å². The first-order valence-electron chi connectivity index (χ1n) is 15.6. The Balaban J connectivity index is 4.69. The average Bonchev–Trinajstić information content (AvgIpc) is 2.88. The molecule has 0 radical (unpaired) electrons. The van der Waals surface area contributed by atoms with Gasteiger partial charge in [-0.3, -0.25) is 4.74 Å². The van der Waals surface area contributed by atoms with Gasteiger partial charge in [0.25, 0.3) is 0 Å². The molecule has 226 valence electrons. The fraction of sp³-hybridized carbons (Fsp3) is 0.967. The molecule has 0 rings (SSSR count). The summed E-state index contributed by atoms with van der Waals surface area (Å²) in [5.41, 5.74) is -2.93. The van der Waals surface area contributed by atoms with Crippen LogP contribution in [0.2, 0.25) is 0 Å². The second kappa shape index (κ2) is 24.6. The average molecular weight is 580 g/mol. The number of unbranched alkanes of at least 4 members (excludes halogenated alkanes) is 13. The molecule has 0 bridgehead atoms. The zero-order chi connectivity index (χ0) is 28.7. The molecule has 0 heterocycles. The number of thiol groups is 1. The van der Waals surface area contributed by atoms with Crippen molar-refractivity contribution >= 4 is 27.1 Å². The summed E-state index contributed by atoms with van der Waals surface area (Å²) in [7, 11) is -1.43. The predicted molar refractivity (Wildman–Crippen MR) is 162 cm³/mol. The molecule has 8 heteroatoms. The van der Waals surface area contributed by atoms with Gasteiger partial charge in [0, 0.05) is 0 Å². The topological polar surface area (TPSA) is 82.1 Å². The molecule has 0 saturated heterocycles. The maximum absolute atomic E-state index is 12.2. The maximum atomic E-state index is 12.2. The first kappa shape index (κ1) is 37.8. The van der Waals surface area contributed by atoms with Gasteiger partial charge in [0.1, 0.15) is 5.44 Å². The minimum absolute atomic E-state index is 0.374. The molecule has 0 saturated carbocycles. The minimum atomic E-state index is -2.53. The fourth-order valence-electron chi connectivity index (χ4n) is 4.66. The van der Waals surface area contributed by atoms with E-state index in [1.54, 1.807) is 13.8 Å². The molecule has 0 spiro atoms. The molecule has 5 unspecified atom stereocenters. The van der Waals surface area contributed by atoms with E-state index >= 15 is 0 Å². The summed E-state index contributed by atoms with van der Waals surface area (Å²) in [5.74, 6) is -0.554. The third-order valence-electron chi connectivity index (χ3n) is 6.92. The highest BCUT2D eigenvalue weighted by molar-refractivity contribution is 7.80. The first-order chi connectivity index (χ1) is 18.2. The van der Waals surface area contributed by atoms with Crippen molar-refractivity contribution in [2.45, 2.75) is 180 Å². The van der Waals surface area contributed by atoms with E-state index in [0.717, 1.165) is 19.3 Å². The van der Waals surface area contributed by atoms with Crippen LogP contribution in [0.25, 0.3) is 0 Å². The maximum Gasteiger partial charge on any atom is 0.472 e. The van der Waals surface area contributed by atoms with Crippen molar-refractivity contribution in [2.24, 2.45) is 5.92 Å². The third-order valence-corrected chi connectivity index (χ3v) is 7.85. The Kier molecular flexibility index (Phi) is 24.5. The summed E-state index contributed by atoms with van der Waals surface area (Å²) >= 11 is 4.68. The van der Waals surface area contributed by atoms with Gasteiger partial charge in [0.2, 0.25) is 0 Å². The lowest BCUT2D eigenvalue weighted by atomic mass is 9.91. The van der Waals surface area contributed by atoms with E-state index in [4.69, 9.17) is 14.2 Å². The van der Waals surface area contributed by atoms with E-state index in [0.29, 0.717) is 12.3 Å². The van der Waals surface area contributed by atoms with Crippen molar-refractivity contribution in [3.05, 3.63) is 0 Å². The molecule has 0 aliphatic carbocycles. The Bertz CT molecular complexity index is 579. The van der Waals surface area contributed by atoms with E-state index in [2.05, 4.69) is 26.5 Å². The molecular formula is C30H60O6PS+. The number of hydrogen-bond acceptors (Lipinski definition) is 7. The van der Waals surface area contributed by atoms with E-state index in [1.165, 1.54) is 96.3 Å². The van der Waals surface area contributed by atoms with Crippen molar-refractivity contribution in [3.8, 4) is 0 Å². The SMILES string of the molecule is CCCCCCCCCCCCC(CCCCCCC)CC(S)OC(CC)OC(O)([PH+]=O)C(=O)OC(C)C. The van der Waals surface area contributed by atoms with Crippen LogP contribution in [0, 0.1) is 5.92 Å². The summed E-state index contributed by atoms with van der Waals surface area (Å²) in [4.78, 5) is 12.2. The number of ether oxygens (including phenoxy) is 3. The number of carbonyl (C=O) groups excluding carboxylic acids is 1. The largest absolute Gasteiger partial charge is 0.472 e. The van der Waals surface area contributed by atoms with Crippen LogP contribution in [-0.2, 0) is 23.6 Å². The van der Waals surface area contributed by atoms with Crippen LogP contribution in [0.5, 0.6) is 0 Å². The highest BCUT2D eigenvalue weighted by Crippen LogP contribution is 2.30. The molecule has 0 aromatic rings. The molecule has 0 aromatic heterocycles. The summed E-state index contributed by atoms with van der Waals surface area (Å²) in [6, 6.07) is 0. The number of aliphatic hydroxyl groups is 1. The van der Waals surface area contributed by atoms with Gasteiger partial charge in [-0.1, -0.05) is 134 Å². The molecule has 0 aliphatic heterocycles. The van der Waals surface area contributed by atoms with Crippen molar-refractivity contribution in [3.63, 3.8) is 0 Å². The lowest BCUT2D eigenvalue weighted by Crippen LogP contribution is -2.42. The summed E-state index contributed by atoms with van der Waals surface area (Å²) in [6.07, 6.45) is 21.7. The lowest BCUT2D eigenvalue weighted by Gasteiger charge is -2.26. The summed E-state index contributed by atoms with van der Waals surface area (Å²) in [5, 5.41) is 10.5. The number of carbonyl (C=O) groups is 1. The van der Waals surface area contributed by atoms with Gasteiger partial charge in [-0.2, -0.15) is 0 Å². The van der Waals surface area contributed by atoms with Gasteiger partial charge >= 0.3 is 20.0 Å². The second-order valence-electron chi connectivity index (χ2n) is 11.0. The van der Waals surface area contributed by atoms with E-state index < -0.39 is 37.8 Å². The Morgan fingerprint density at radius 2 is 1.26 bits per heavy atom. The van der Waals surface area contributed by atoms with Crippen molar-refractivity contribution in [2.75, 3.05) is 0 Å². The van der Waals surface area contributed by atoms with E-state index in [9.17, 15) is 14.5 Å². The van der Waals surface area contributed by atoms with Gasteiger partial charge in [-0.05, 0) is 32.6 Å². The number of rotatable bonds is 27. The number of esters is 1. The third kappa shape index (κ3) is 19.8. The van der Waals surface area contributed by atoms with Gasteiger partial charge < -0.3 is 14.6 Å². The Morgan fingerprint density at radius 3 is 1.66 bits per heavy atom. The highest BCUT2D eigenvalue weighted by Gasteiger charge is 2.52. The van der Waals surface area contributed by atoms with Crippen LogP contribution >= 0.6 is 21.1 Å². The van der Waals surface area contributed by atoms with Crippen LogP contribution in [0.15, 0.2) is 0 Å². The van der Waals surface area contributed by atoms with Crippen LogP contribution in [0.4, 0.5) is 0 Å². The van der Waals surface area contributed by atoms with Gasteiger partial charge in [-0.15, -0.1) is 12.6 Å². The van der Waals surface area contributed by atoms with Crippen molar-refractivity contribution in [1.29, 1.82) is 0 Å². The predicted octanol–water partition coefficient (Wildman–Crippen LogP) is 9.31. The zero-order valence-corrected chi connectivity index (χ0v) is 27.1. The molecule has 0 amide bonds. The van der Waals surface area contributed by atoms with Crippen LogP contribution < -0.4 is 0 Å². The molecular weight excluding hydrogens is 519 g/mol. The molecule has 5 atom stereocenters. The fourth-order valence-corrected chi connectivity index (χ4v) is 5.41. The lowest BCUT2D eigenvalue weighted by molar-refractivity contribution is -0.260. The van der Waals surface area contributed by atoms with E-state index in [1.807, 2.05) is 6.92 Å². The summed E-state index contributed by atoms with van der Waals surface area (Å²) in [6.45, 7) is 9.63. The standard InChI is InChI=1S/C30H59O6PS/c1-6-9-11-13-14-15-16-17-19-21-23-26(22-20-18-12-10-7-2)24-28(38)35-27(8-3)36-30(32,37-33)29(31)34-25(4)5/h25-28,32,38H,6-24H2,1-5H3/p+1. The van der Waals surface area contributed by atoms with Crippen LogP contribution in [-0.4, -0.2) is 34.4 Å². The molecule has 0 aliphatic rings. The van der Waals surface area contributed by atoms with Gasteiger partial charge in [-0.25, -0.2) is 4.79 Å². The Hall–Kier alpha value is -0.200. The van der Waals surface area contributed by atoms with Crippen molar-refractivity contribution in [1.82, 2.24) is 0 Å². The molecule has 0 fully saturated rings. The monoisotopic (exact) mass is 579 g/mol. The molecule has 38 heavy (non-hydrogen) atoms. The smallest absolute Gasteiger partial charge is 0.455 e. The zero-order valence-electron chi connectivity index (χ0n) is 25.2. The Morgan fingerprint density at radius 1 is 0.816 bits per heavy atom. The summed E-state index contributed by atoms with van der Waals surface area (Å²) < 4.78 is 28.1. The van der Waals surface area contributed by atoms with Crippen molar-refractivity contribution < 1.29 is 28.7 Å². The highest BCUT2D eigenvalue weighted by atomic mass is 32.1. The molecule has 1 N–H and O–H groups in total. The van der Waals surface area contributed by atoms with Gasteiger partial charge in [0.05, 0.1) is 6.10 Å². The first-order valence-corrected chi connectivity index (χ1v) is 17.0. The minimum Gasteiger partial charge on any atom is -0.455 e. The molecule has 0 aromatic carbocycles. The van der Waals surface area contributed by atoms with Crippen LogP contribution in [0.1, 0.15) is 157 Å². The second-order valence-corrected chi connectivity index (χ2v) is 12.5.